The number of fused-ring (bicyclic) bond motifs is 1. The van der Waals surface area contributed by atoms with Crippen LogP contribution in [-0.2, 0) is 0 Å². The summed E-state index contributed by atoms with van der Waals surface area (Å²) in [6.07, 6.45) is 4.34. The van der Waals surface area contributed by atoms with E-state index >= 15 is 0 Å². The number of methoxy groups -OCH3 is 1. The Morgan fingerprint density at radius 3 is 2.56 bits per heavy atom. The minimum atomic E-state index is 0.202. The number of aliphatic imine (C=N–C) groups is 1. The fraction of sp³-hybridized carbons (Fsp3) is 0.458. The maximum Gasteiger partial charge on any atom is 0.119 e. The van der Waals surface area contributed by atoms with Gasteiger partial charge in [-0.1, -0.05) is 13.8 Å². The van der Waals surface area contributed by atoms with Crippen LogP contribution >= 0.6 is 0 Å². The SMILES string of the molecule is CCCN1c2cc(C)c(C=Nc3ccc(OC)cc3)cc2C(C)CC1(C)C. The van der Waals surface area contributed by atoms with Gasteiger partial charge in [-0.25, -0.2) is 0 Å². The van der Waals surface area contributed by atoms with Crippen LogP contribution in [0, 0.1) is 6.92 Å². The summed E-state index contributed by atoms with van der Waals surface area (Å²) in [5.41, 5.74) is 6.47. The summed E-state index contributed by atoms with van der Waals surface area (Å²) in [7, 11) is 1.68. The van der Waals surface area contributed by atoms with E-state index in [1.807, 2.05) is 30.5 Å². The largest absolute Gasteiger partial charge is 0.497 e. The summed E-state index contributed by atoms with van der Waals surface area (Å²) in [5.74, 6) is 1.41. The topological polar surface area (TPSA) is 24.8 Å². The number of hydrogen-bond donors (Lipinski definition) is 0. The van der Waals surface area contributed by atoms with Crippen molar-refractivity contribution in [3.63, 3.8) is 0 Å². The second-order valence-electron chi connectivity index (χ2n) is 8.29. The summed E-state index contributed by atoms with van der Waals surface area (Å²) in [6, 6.07) is 12.6. The zero-order valence-electron chi connectivity index (χ0n) is 17.5. The average Bonchev–Trinajstić information content (AvgIpc) is 2.64. The number of hydrogen-bond acceptors (Lipinski definition) is 3. The quantitative estimate of drug-likeness (QED) is 0.585. The van der Waals surface area contributed by atoms with E-state index in [4.69, 9.17) is 4.74 Å². The van der Waals surface area contributed by atoms with Crippen LogP contribution < -0.4 is 9.64 Å². The first-order valence-corrected chi connectivity index (χ1v) is 9.96. The summed E-state index contributed by atoms with van der Waals surface area (Å²) in [5, 5.41) is 0. The van der Waals surface area contributed by atoms with Crippen molar-refractivity contribution >= 4 is 17.6 Å². The van der Waals surface area contributed by atoms with E-state index in [9.17, 15) is 0 Å². The molecule has 0 bridgehead atoms. The Bertz CT molecular complexity index is 821. The molecule has 0 fully saturated rings. The van der Waals surface area contributed by atoms with Gasteiger partial charge < -0.3 is 9.64 Å². The van der Waals surface area contributed by atoms with Crippen LogP contribution in [-0.4, -0.2) is 25.4 Å². The fourth-order valence-corrected chi connectivity index (χ4v) is 4.25. The third-order valence-electron chi connectivity index (χ3n) is 5.65. The first-order valence-electron chi connectivity index (χ1n) is 9.96. The molecule has 0 N–H and O–H groups in total. The molecule has 0 saturated carbocycles. The highest BCUT2D eigenvalue weighted by Crippen LogP contribution is 2.44. The van der Waals surface area contributed by atoms with Crippen LogP contribution in [0.5, 0.6) is 5.75 Å². The highest BCUT2D eigenvalue weighted by atomic mass is 16.5. The van der Waals surface area contributed by atoms with E-state index in [2.05, 4.69) is 56.6 Å². The second-order valence-corrected chi connectivity index (χ2v) is 8.29. The minimum absolute atomic E-state index is 0.202. The normalized spacial score (nSPS) is 18.6. The molecule has 3 heteroatoms. The molecular weight excluding hydrogens is 332 g/mol. The standard InChI is InChI=1S/C24H32N2O/c1-7-12-26-23-13-17(2)19(14-22(23)18(3)15-24(26,4)5)16-25-20-8-10-21(27-6)11-9-20/h8-11,13-14,16,18H,7,12,15H2,1-6H3. The zero-order chi connectivity index (χ0) is 19.6. The number of nitrogens with zero attached hydrogens (tertiary/aromatic N) is 2. The Morgan fingerprint density at radius 2 is 1.93 bits per heavy atom. The lowest BCUT2D eigenvalue weighted by atomic mass is 9.79. The molecule has 0 aliphatic carbocycles. The van der Waals surface area contributed by atoms with Crippen molar-refractivity contribution in [2.24, 2.45) is 4.99 Å². The summed E-state index contributed by atoms with van der Waals surface area (Å²) in [6.45, 7) is 12.6. The molecule has 2 aromatic rings. The lowest BCUT2D eigenvalue weighted by molar-refractivity contribution is 0.376. The molecule has 3 nitrogen and oxygen atoms in total. The lowest BCUT2D eigenvalue weighted by Crippen LogP contribution is -2.48. The van der Waals surface area contributed by atoms with Gasteiger partial charge in [0.25, 0.3) is 0 Å². The van der Waals surface area contributed by atoms with Crippen LogP contribution in [0.3, 0.4) is 0 Å². The summed E-state index contributed by atoms with van der Waals surface area (Å²) < 4.78 is 5.22. The number of benzene rings is 2. The molecule has 1 atom stereocenters. The third kappa shape index (κ3) is 4.02. The predicted molar refractivity (Wildman–Crippen MR) is 116 cm³/mol. The van der Waals surface area contributed by atoms with Crippen LogP contribution in [0.1, 0.15) is 63.1 Å². The van der Waals surface area contributed by atoms with E-state index in [0.29, 0.717) is 5.92 Å². The van der Waals surface area contributed by atoms with E-state index in [1.165, 1.54) is 28.8 Å². The number of aryl methyl sites for hydroxylation is 1. The molecule has 3 rings (SSSR count). The van der Waals surface area contributed by atoms with E-state index in [1.54, 1.807) is 7.11 Å². The Balaban J connectivity index is 1.95. The Labute approximate surface area is 164 Å². The lowest BCUT2D eigenvalue weighted by Gasteiger charge is -2.48. The number of rotatable bonds is 5. The van der Waals surface area contributed by atoms with Gasteiger partial charge in [-0.2, -0.15) is 0 Å². The number of anilines is 1. The van der Waals surface area contributed by atoms with Gasteiger partial charge in [-0.05, 0) is 92.6 Å². The zero-order valence-corrected chi connectivity index (χ0v) is 17.5. The van der Waals surface area contributed by atoms with Gasteiger partial charge in [-0.3, -0.25) is 4.99 Å². The van der Waals surface area contributed by atoms with Crippen molar-refractivity contribution in [3.05, 3.63) is 53.1 Å². The Hall–Kier alpha value is -2.29. The highest BCUT2D eigenvalue weighted by molar-refractivity contribution is 5.86. The maximum atomic E-state index is 5.22. The van der Waals surface area contributed by atoms with Crippen LogP contribution in [0.15, 0.2) is 41.4 Å². The summed E-state index contributed by atoms with van der Waals surface area (Å²) in [4.78, 5) is 7.27. The predicted octanol–water partition coefficient (Wildman–Crippen LogP) is 6.26. The minimum Gasteiger partial charge on any atom is -0.497 e. The molecular formula is C24H32N2O. The van der Waals surface area contributed by atoms with Gasteiger partial charge >= 0.3 is 0 Å². The van der Waals surface area contributed by atoms with Gasteiger partial charge in [0, 0.05) is 24.0 Å². The van der Waals surface area contributed by atoms with E-state index < -0.39 is 0 Å². The molecule has 144 valence electrons. The van der Waals surface area contributed by atoms with Crippen LogP contribution in [0.2, 0.25) is 0 Å². The van der Waals surface area contributed by atoms with Crippen molar-refractivity contribution < 1.29 is 4.74 Å². The van der Waals surface area contributed by atoms with Gasteiger partial charge in [-0.15, -0.1) is 0 Å². The van der Waals surface area contributed by atoms with Crippen molar-refractivity contribution in [2.75, 3.05) is 18.6 Å². The molecule has 27 heavy (non-hydrogen) atoms. The van der Waals surface area contributed by atoms with Crippen molar-refractivity contribution in [2.45, 2.75) is 58.9 Å². The van der Waals surface area contributed by atoms with Crippen molar-refractivity contribution in [1.82, 2.24) is 0 Å². The monoisotopic (exact) mass is 364 g/mol. The van der Waals surface area contributed by atoms with Crippen molar-refractivity contribution in [1.29, 1.82) is 0 Å². The molecule has 0 aromatic heterocycles. The molecule has 0 saturated heterocycles. The molecule has 1 unspecified atom stereocenters. The molecule has 1 aliphatic rings. The molecule has 1 aliphatic heterocycles. The number of ether oxygens (including phenoxy) is 1. The molecule has 0 amide bonds. The summed E-state index contributed by atoms with van der Waals surface area (Å²) >= 11 is 0. The average molecular weight is 365 g/mol. The second kappa shape index (κ2) is 7.75. The van der Waals surface area contributed by atoms with Gasteiger partial charge in [0.2, 0.25) is 0 Å². The molecule has 1 heterocycles. The molecule has 0 radical (unpaired) electrons. The van der Waals surface area contributed by atoms with Gasteiger partial charge in [0.05, 0.1) is 12.8 Å². The molecule has 0 spiro atoms. The first-order chi connectivity index (χ1) is 12.9. The van der Waals surface area contributed by atoms with Crippen molar-refractivity contribution in [3.8, 4) is 5.75 Å². The maximum absolute atomic E-state index is 5.22. The van der Waals surface area contributed by atoms with Crippen LogP contribution in [0.4, 0.5) is 11.4 Å². The third-order valence-corrected chi connectivity index (χ3v) is 5.65. The fourth-order valence-electron chi connectivity index (χ4n) is 4.25. The van der Waals surface area contributed by atoms with Gasteiger partial charge in [0.15, 0.2) is 0 Å². The first kappa shape index (κ1) is 19.5. The highest BCUT2D eigenvalue weighted by Gasteiger charge is 2.36. The Morgan fingerprint density at radius 1 is 1.22 bits per heavy atom. The van der Waals surface area contributed by atoms with Gasteiger partial charge in [0.1, 0.15) is 5.75 Å². The van der Waals surface area contributed by atoms with Crippen LogP contribution in [0.25, 0.3) is 0 Å². The van der Waals surface area contributed by atoms with E-state index in [0.717, 1.165) is 24.4 Å². The molecule has 2 aromatic carbocycles. The van der Waals surface area contributed by atoms with E-state index in [-0.39, 0.29) is 5.54 Å². The Kier molecular flexibility index (Phi) is 5.59. The smallest absolute Gasteiger partial charge is 0.119 e.